The molecule has 2 atom stereocenters. The summed E-state index contributed by atoms with van der Waals surface area (Å²) in [5, 5.41) is 35.7. The van der Waals surface area contributed by atoms with Crippen LogP contribution in [0.1, 0.15) is 0 Å². The minimum Gasteiger partial charge on any atom is -0.547 e. The number of carbonyl (C=O) groups is 2. The molecule has 0 radical (unpaired) electrons. The third-order valence-corrected chi connectivity index (χ3v) is 0.782. The third-order valence-electron chi connectivity index (χ3n) is 0.782. The molecule has 0 aromatic carbocycles. The fraction of sp³-hybridized carbons (Fsp3) is 0.500. The molecule has 4 N–H and O–H groups in total. The molecule has 0 saturated carbocycles. The first-order valence-corrected chi connectivity index (χ1v) is 4.34. The normalized spacial score (nSPS) is 12.7. The standard InChI is InChI=1S/C4H6O6.K.Na.H2O4S/c5-1(3(7)8)2(6)4(9)10;;;1-5(2,3)4/h1-2,5-6H,(H,7,8)(H,9,10);;;(H2,1,2,3,4)/q;2*+1;/p-2. The fourth-order valence-corrected chi connectivity index (χ4v) is 0.258. The number of carboxylic acids is 2. The Morgan fingerprint density at radius 3 is 1.12 bits per heavy atom. The van der Waals surface area contributed by atoms with Gasteiger partial charge in [-0.1, -0.05) is 0 Å². The summed E-state index contributed by atoms with van der Waals surface area (Å²) in [6.45, 7) is 0. The van der Waals surface area contributed by atoms with Gasteiger partial charge in [-0.25, -0.2) is 0 Å². The smallest absolute Gasteiger partial charge is 0.547 e. The van der Waals surface area contributed by atoms with E-state index in [4.69, 9.17) is 27.7 Å². The second-order valence-corrected chi connectivity index (χ2v) is 2.87. The van der Waals surface area contributed by atoms with Gasteiger partial charge in [-0.3, -0.25) is 9.11 Å². The summed E-state index contributed by atoms with van der Waals surface area (Å²) < 4.78 is 31.6. The number of aliphatic carboxylic acids is 2. The Morgan fingerprint density at radius 2 is 1.06 bits per heavy atom. The van der Waals surface area contributed by atoms with Gasteiger partial charge >= 0.3 is 91.3 Å². The predicted octanol–water partition coefficient (Wildman–Crippen LogP) is -11.4. The van der Waals surface area contributed by atoms with Gasteiger partial charge in [-0.05, 0) is 0 Å². The van der Waals surface area contributed by atoms with Crippen molar-refractivity contribution in [3.05, 3.63) is 0 Å². The van der Waals surface area contributed by atoms with Gasteiger partial charge < -0.3 is 30.0 Å². The molecule has 0 aliphatic heterocycles. The Hall–Kier alpha value is 1.37. The molecule has 0 saturated heterocycles. The number of aliphatic hydroxyl groups excluding tert-OH is 2. The minimum atomic E-state index is -4.67. The zero-order valence-electron chi connectivity index (χ0n) is 8.80. The molecule has 0 bridgehead atoms. The second-order valence-electron chi connectivity index (χ2n) is 1.98. The summed E-state index contributed by atoms with van der Waals surface area (Å²) in [5.74, 6) is -4.12. The maximum Gasteiger partial charge on any atom is 1.00 e. The molecule has 0 fully saturated rings. The molecule has 0 amide bonds. The summed E-state index contributed by atoms with van der Waals surface area (Å²) in [6.07, 6.45) is -4.88. The quantitative estimate of drug-likeness (QED) is 0.287. The van der Waals surface area contributed by atoms with Crippen LogP contribution in [0.2, 0.25) is 0 Å². The van der Waals surface area contributed by atoms with E-state index in [1.807, 2.05) is 0 Å². The van der Waals surface area contributed by atoms with E-state index in [1.54, 1.807) is 0 Å². The zero-order valence-corrected chi connectivity index (χ0v) is 14.7. The van der Waals surface area contributed by atoms with Gasteiger partial charge in [0.15, 0.2) is 0 Å². The van der Waals surface area contributed by atoms with E-state index >= 15 is 0 Å². The first-order chi connectivity index (χ1) is 6.46. The van der Waals surface area contributed by atoms with Gasteiger partial charge in [0.2, 0.25) is 0 Å². The number of carboxylic acid groups (broad SMARTS) is 2. The molecular formula is C4H6KNaO10S. The molecule has 2 unspecified atom stereocenters. The van der Waals surface area contributed by atoms with Crippen molar-refractivity contribution in [2.24, 2.45) is 0 Å². The minimum absolute atomic E-state index is 0. The van der Waals surface area contributed by atoms with E-state index in [0.717, 1.165) is 0 Å². The molecule has 0 spiro atoms. The van der Waals surface area contributed by atoms with Crippen LogP contribution in [0.3, 0.4) is 0 Å². The van der Waals surface area contributed by atoms with Crippen molar-refractivity contribution in [1.29, 1.82) is 0 Å². The number of aliphatic hydroxyl groups is 2. The molecule has 17 heavy (non-hydrogen) atoms. The first-order valence-electron chi connectivity index (χ1n) is 2.94. The Morgan fingerprint density at radius 1 is 0.941 bits per heavy atom. The molecular weight excluding hydrogens is 302 g/mol. The van der Waals surface area contributed by atoms with E-state index in [9.17, 15) is 19.8 Å². The van der Waals surface area contributed by atoms with Crippen molar-refractivity contribution >= 4 is 22.3 Å². The molecule has 10 nitrogen and oxygen atoms in total. The molecule has 0 aliphatic rings. The maximum absolute atomic E-state index is 9.63. The van der Waals surface area contributed by atoms with E-state index < -0.39 is 34.5 Å². The van der Waals surface area contributed by atoms with Gasteiger partial charge in [0.05, 0.1) is 11.9 Å². The largest absolute Gasteiger partial charge is 1.00 e. The Labute approximate surface area is 160 Å². The summed E-state index contributed by atoms with van der Waals surface area (Å²) in [6, 6.07) is 0. The van der Waals surface area contributed by atoms with Crippen molar-refractivity contribution in [1.82, 2.24) is 0 Å². The average Bonchev–Trinajstić information content (AvgIpc) is 1.98. The maximum atomic E-state index is 9.63. The van der Waals surface area contributed by atoms with Gasteiger partial charge in [0.1, 0.15) is 12.2 Å². The van der Waals surface area contributed by atoms with Crippen LogP contribution in [0, 0.1) is 0 Å². The van der Waals surface area contributed by atoms with Crippen molar-refractivity contribution in [3.63, 3.8) is 0 Å². The number of rotatable bonds is 3. The van der Waals surface area contributed by atoms with Crippen LogP contribution in [0.4, 0.5) is 0 Å². The molecule has 13 heteroatoms. The Bertz CT molecular complexity index is 301. The van der Waals surface area contributed by atoms with Crippen molar-refractivity contribution in [3.8, 4) is 0 Å². The average molecular weight is 308 g/mol. The van der Waals surface area contributed by atoms with E-state index in [-0.39, 0.29) is 80.9 Å². The Kier molecular flexibility index (Phi) is 19.6. The summed E-state index contributed by atoms with van der Waals surface area (Å²) in [7, 11) is -4.67. The van der Waals surface area contributed by atoms with Crippen LogP contribution < -0.4 is 91.2 Å². The SMILES string of the molecule is O=C([O-])C(O)C(O)C(=O)[O-].O=S(=O)(O)O.[K+].[Na+]. The number of carbonyl (C=O) groups excluding carboxylic acids is 2. The Balaban J connectivity index is -0.000000105. The van der Waals surface area contributed by atoms with Crippen LogP contribution in [-0.2, 0) is 20.0 Å². The van der Waals surface area contributed by atoms with Gasteiger partial charge in [-0.2, -0.15) is 8.42 Å². The molecule has 0 aromatic rings. The van der Waals surface area contributed by atoms with Crippen LogP contribution in [0.25, 0.3) is 0 Å². The number of hydrogen-bond acceptors (Lipinski definition) is 8. The monoisotopic (exact) mass is 308 g/mol. The second kappa shape index (κ2) is 12.4. The summed E-state index contributed by atoms with van der Waals surface area (Å²) in [5.41, 5.74) is 0. The first kappa shape index (κ1) is 26.8. The number of hydrogen-bond donors (Lipinski definition) is 4. The molecule has 90 valence electrons. The third kappa shape index (κ3) is 23.0. The predicted molar refractivity (Wildman–Crippen MR) is 36.2 cm³/mol. The van der Waals surface area contributed by atoms with Crippen LogP contribution >= 0.6 is 0 Å². The summed E-state index contributed by atoms with van der Waals surface area (Å²) >= 11 is 0. The molecule has 0 aromatic heterocycles. The van der Waals surface area contributed by atoms with Gasteiger partial charge in [0, 0.05) is 0 Å². The van der Waals surface area contributed by atoms with Crippen LogP contribution in [-0.4, -0.2) is 51.9 Å². The van der Waals surface area contributed by atoms with Gasteiger partial charge in [-0.15, -0.1) is 0 Å². The fourth-order valence-electron chi connectivity index (χ4n) is 0.258. The van der Waals surface area contributed by atoms with Crippen molar-refractivity contribution < 1.29 is 128 Å². The van der Waals surface area contributed by atoms with E-state index in [2.05, 4.69) is 0 Å². The van der Waals surface area contributed by atoms with Crippen molar-refractivity contribution in [2.45, 2.75) is 12.2 Å². The zero-order chi connectivity index (χ0) is 12.8. The van der Waals surface area contributed by atoms with Gasteiger partial charge in [0.25, 0.3) is 0 Å². The van der Waals surface area contributed by atoms with Crippen molar-refractivity contribution in [2.75, 3.05) is 0 Å². The molecule has 0 aliphatic carbocycles. The van der Waals surface area contributed by atoms with E-state index in [1.165, 1.54) is 0 Å². The van der Waals surface area contributed by atoms with Crippen LogP contribution in [0.15, 0.2) is 0 Å². The van der Waals surface area contributed by atoms with Crippen LogP contribution in [0.5, 0.6) is 0 Å². The molecule has 0 heterocycles. The molecule has 0 rings (SSSR count). The summed E-state index contributed by atoms with van der Waals surface area (Å²) in [4.78, 5) is 19.3. The van der Waals surface area contributed by atoms with E-state index in [0.29, 0.717) is 0 Å². The topological polar surface area (TPSA) is 195 Å².